The molecule has 63 heavy (non-hydrogen) atoms. The Kier molecular flexibility index (Phi) is 12.4. The van der Waals surface area contributed by atoms with Gasteiger partial charge in [-0.3, -0.25) is 4.79 Å². The summed E-state index contributed by atoms with van der Waals surface area (Å²) in [6.07, 6.45) is 19.3. The van der Waals surface area contributed by atoms with Crippen molar-refractivity contribution in [3.8, 4) is 0 Å². The Morgan fingerprint density at radius 1 is 0.952 bits per heavy atom. The molecule has 1 aliphatic heterocycles. The standard InChI is InChI=1S/C53H78N4O5S/c1-36(2)39-18-25-53(56-28-29-57-30-32-63(60,61)33-31-57)27-26-50(6)41(46(39)53)14-15-44-49(5)21-19-40(48(3,4)43(49)20-22-51(44,50)7)37-16-23-52(24-17-37,47(58)59)35-62-45(55-8)34-42(54)38-12-10-9-11-13-38/h9-13,16,19,34,39,41,43-44,46,56H,1,14-15,17-18,20-33,35,54H2,2-8H3,(H,58,59)/p+1/t39-,41+,43-,44+,46+,49-,50+,51+,52?,53-/m0/s1. The van der Waals surface area contributed by atoms with Gasteiger partial charge in [-0.15, -0.1) is 0 Å². The molecule has 0 bridgehead atoms. The van der Waals surface area contributed by atoms with Gasteiger partial charge in [0.2, 0.25) is 0 Å². The number of carboxylic acid groups (broad SMARTS) is 1. The van der Waals surface area contributed by atoms with Crippen LogP contribution >= 0.6 is 0 Å². The van der Waals surface area contributed by atoms with E-state index in [1.807, 2.05) is 30.3 Å². The number of ether oxygens (including phenoxy) is 1. The third kappa shape index (κ3) is 7.91. The molecule has 1 heterocycles. The Labute approximate surface area is 379 Å². The zero-order valence-electron chi connectivity index (χ0n) is 39.7. The van der Waals surface area contributed by atoms with Crippen molar-refractivity contribution in [2.24, 2.45) is 62.4 Å². The number of carbonyl (C=O) groups is 1. The highest BCUT2D eigenvalue weighted by molar-refractivity contribution is 7.91. The van der Waals surface area contributed by atoms with Crippen molar-refractivity contribution in [3.05, 3.63) is 77.4 Å². The molecule has 6 aliphatic carbocycles. The van der Waals surface area contributed by atoms with Crippen molar-refractivity contribution in [1.29, 1.82) is 0 Å². The molecule has 1 unspecified atom stereocenters. The number of sulfone groups is 1. The smallest absolute Gasteiger partial charge is 0.362 e. The summed E-state index contributed by atoms with van der Waals surface area (Å²) in [6.45, 7) is 23.2. The van der Waals surface area contributed by atoms with E-state index in [1.54, 1.807) is 13.1 Å². The van der Waals surface area contributed by atoms with Crippen LogP contribution in [0.3, 0.4) is 0 Å². The second-order valence-corrected chi connectivity index (χ2v) is 25.0. The number of rotatable bonds is 11. The van der Waals surface area contributed by atoms with Crippen molar-refractivity contribution in [3.63, 3.8) is 0 Å². The van der Waals surface area contributed by atoms with Gasteiger partial charge in [0, 0.05) is 37.4 Å². The average molecular weight is 884 g/mol. The quantitative estimate of drug-likeness (QED) is 0.102. The molecule has 7 aliphatic rings. The largest absolute Gasteiger partial charge is 0.481 e. The first-order valence-electron chi connectivity index (χ1n) is 24.4. The van der Waals surface area contributed by atoms with Crippen LogP contribution < -0.4 is 16.0 Å². The number of benzene rings is 1. The molecule has 8 rings (SSSR count). The van der Waals surface area contributed by atoms with Crippen LogP contribution in [-0.2, 0) is 19.4 Å². The van der Waals surface area contributed by atoms with Crippen molar-refractivity contribution in [1.82, 2.24) is 10.2 Å². The summed E-state index contributed by atoms with van der Waals surface area (Å²) in [4.78, 5) is 18.4. The molecular weight excluding hydrogens is 805 g/mol. The summed E-state index contributed by atoms with van der Waals surface area (Å²) in [5, 5.41) is 14.9. The van der Waals surface area contributed by atoms with Crippen LogP contribution in [-0.4, -0.2) is 87.2 Å². The van der Waals surface area contributed by atoms with Gasteiger partial charge in [-0.05, 0) is 152 Å². The van der Waals surface area contributed by atoms with Crippen molar-refractivity contribution >= 4 is 27.4 Å². The van der Waals surface area contributed by atoms with E-state index >= 15 is 0 Å². The van der Waals surface area contributed by atoms with Crippen LogP contribution in [0.25, 0.3) is 5.70 Å². The maximum absolute atomic E-state index is 13.0. The average Bonchev–Trinajstić information content (AvgIpc) is 3.63. The monoisotopic (exact) mass is 884 g/mol. The van der Waals surface area contributed by atoms with Crippen LogP contribution in [0.2, 0.25) is 0 Å². The minimum absolute atomic E-state index is 0.0227. The number of aliphatic carboxylic acids is 1. The Morgan fingerprint density at radius 3 is 2.33 bits per heavy atom. The molecule has 0 amide bonds. The number of nitrogens with two attached hydrogens (primary N) is 1. The predicted octanol–water partition coefficient (Wildman–Crippen LogP) is 7.56. The third-order valence-corrected chi connectivity index (χ3v) is 21.2. The zero-order valence-corrected chi connectivity index (χ0v) is 40.5. The van der Waals surface area contributed by atoms with E-state index < -0.39 is 21.2 Å². The maximum Gasteiger partial charge on any atom is 0.362 e. The maximum atomic E-state index is 13.0. The predicted molar refractivity (Wildman–Crippen MR) is 254 cm³/mol. The number of fused-ring (bicyclic) bond motifs is 7. The van der Waals surface area contributed by atoms with Crippen LogP contribution in [0.5, 0.6) is 0 Å². The number of hydrogen-bond donors (Lipinski definition) is 4. The first kappa shape index (κ1) is 46.3. The third-order valence-electron chi connectivity index (χ3n) is 19.5. The normalized spacial score (nSPS) is 40.0. The molecule has 5 N–H and O–H groups in total. The van der Waals surface area contributed by atoms with Gasteiger partial charge >= 0.3 is 11.9 Å². The highest BCUT2D eigenvalue weighted by Crippen LogP contribution is 2.76. The summed E-state index contributed by atoms with van der Waals surface area (Å²) in [5.41, 5.74) is 11.7. The lowest BCUT2D eigenvalue weighted by Gasteiger charge is -2.72. The minimum atomic E-state index is -2.88. The topological polar surface area (TPSA) is 136 Å². The number of allylic oxidation sites excluding steroid dienone is 5. The lowest BCUT2D eigenvalue weighted by molar-refractivity contribution is -0.430. The SMILES string of the molecule is C=C(C)[C@@H]1CC[C@]2(NCCN3CCS(=O)(=O)CC3)CC[C@]3(C)[C@H](CC[C@@H]4[C@@]5(C)CC=C(C6=CCC(COC(C=C(N)c7ccccc7)=[NH+]C)(C(=O)O)CC6)C(C)(C)[C@@H]5CC[C@]43C)[C@@H]12. The first-order chi connectivity index (χ1) is 29.7. The summed E-state index contributed by atoms with van der Waals surface area (Å²) >= 11 is 0. The molecule has 0 spiro atoms. The van der Waals surface area contributed by atoms with E-state index in [0.29, 0.717) is 67.1 Å². The number of carboxylic acids is 1. The number of nitrogens with one attached hydrogen (secondary N) is 2. The van der Waals surface area contributed by atoms with Crippen molar-refractivity contribution < 1.29 is 28.0 Å². The van der Waals surface area contributed by atoms with Gasteiger partial charge in [0.15, 0.2) is 9.84 Å². The van der Waals surface area contributed by atoms with Gasteiger partial charge in [-0.2, -0.15) is 0 Å². The highest BCUT2D eigenvalue weighted by Gasteiger charge is 2.70. The lowest BCUT2D eigenvalue weighted by Crippen LogP contribution is -2.68. The number of nitrogens with zero attached hydrogens (tertiary/aromatic N) is 1. The van der Waals surface area contributed by atoms with Crippen molar-refractivity contribution in [2.75, 3.05) is 51.3 Å². The van der Waals surface area contributed by atoms with Gasteiger partial charge in [-0.25, -0.2) is 13.4 Å². The van der Waals surface area contributed by atoms with Crippen LogP contribution in [0.4, 0.5) is 0 Å². The van der Waals surface area contributed by atoms with Crippen LogP contribution in [0.15, 0.2) is 71.9 Å². The fourth-order valence-corrected chi connectivity index (χ4v) is 17.1. The Balaban J connectivity index is 0.985. The molecule has 1 saturated heterocycles. The molecule has 5 fully saturated rings. The van der Waals surface area contributed by atoms with Gasteiger partial charge in [0.05, 0.1) is 17.6 Å². The second kappa shape index (κ2) is 16.9. The fraction of sp³-hybridized carbons (Fsp3) is 0.698. The lowest BCUT2D eigenvalue weighted by atomic mass is 9.33. The van der Waals surface area contributed by atoms with E-state index in [1.165, 1.54) is 68.1 Å². The molecule has 346 valence electrons. The van der Waals surface area contributed by atoms with Crippen LogP contribution in [0.1, 0.15) is 124 Å². The molecule has 10 atom stereocenters. The van der Waals surface area contributed by atoms with E-state index in [4.69, 9.17) is 10.5 Å². The minimum Gasteiger partial charge on any atom is -0.481 e. The zero-order chi connectivity index (χ0) is 45.2. The Morgan fingerprint density at radius 2 is 1.68 bits per heavy atom. The highest BCUT2D eigenvalue weighted by atomic mass is 32.2. The molecule has 1 aromatic rings. The fourth-order valence-electron chi connectivity index (χ4n) is 15.8. The summed E-state index contributed by atoms with van der Waals surface area (Å²) < 4.78 is 30.4. The van der Waals surface area contributed by atoms with Crippen molar-refractivity contribution in [2.45, 2.75) is 124 Å². The van der Waals surface area contributed by atoms with Crippen LogP contribution in [0, 0.1) is 56.7 Å². The van der Waals surface area contributed by atoms with E-state index in [0.717, 1.165) is 31.5 Å². The molecule has 10 heteroatoms. The molecule has 9 nitrogen and oxygen atoms in total. The van der Waals surface area contributed by atoms with Gasteiger partial charge < -0.3 is 25.8 Å². The van der Waals surface area contributed by atoms with E-state index in [2.05, 4.69) is 75.5 Å². The summed E-state index contributed by atoms with van der Waals surface area (Å²) in [7, 11) is -1.11. The molecular formula is C53H79N4O5S+. The summed E-state index contributed by atoms with van der Waals surface area (Å²) in [5.74, 6) is 3.20. The molecule has 1 aromatic carbocycles. The Bertz CT molecular complexity index is 2170. The second-order valence-electron chi connectivity index (χ2n) is 22.7. The summed E-state index contributed by atoms with van der Waals surface area (Å²) in [6, 6.07) is 9.71. The first-order valence-corrected chi connectivity index (χ1v) is 26.2. The Hall–Kier alpha value is -3.21. The van der Waals surface area contributed by atoms with Gasteiger partial charge in [-0.1, -0.05) is 89.3 Å². The molecule has 4 saturated carbocycles. The molecule has 0 radical (unpaired) electrons. The number of hydrogen-bond acceptors (Lipinski definition) is 7. The van der Waals surface area contributed by atoms with E-state index in [-0.39, 0.29) is 45.3 Å². The van der Waals surface area contributed by atoms with Gasteiger partial charge in [0.25, 0.3) is 0 Å². The van der Waals surface area contributed by atoms with Gasteiger partial charge in [0.1, 0.15) is 19.1 Å². The molecule has 0 aromatic heterocycles. The van der Waals surface area contributed by atoms with E-state index in [9.17, 15) is 18.3 Å².